The van der Waals surface area contributed by atoms with Crippen LogP contribution in [0.2, 0.25) is 0 Å². The minimum absolute atomic E-state index is 0.224. The van der Waals surface area contributed by atoms with Crippen molar-refractivity contribution in [3.05, 3.63) is 110 Å². The monoisotopic (exact) mass is 764 g/mol. The Morgan fingerprint density at radius 3 is 2.60 bits per heavy atom. The summed E-state index contributed by atoms with van der Waals surface area (Å²) in [5.74, 6) is 0.618. The van der Waals surface area contributed by atoms with Crippen molar-refractivity contribution in [2.24, 2.45) is 5.10 Å². The van der Waals surface area contributed by atoms with Crippen LogP contribution in [0.4, 0.5) is 0 Å². The maximum Gasteiger partial charge on any atom is 0.338 e. The molecule has 242 valence electrons. The molecule has 0 unspecified atom stereocenters. The number of fused-ring (bicyclic) bond motifs is 1. The number of benzene rings is 4. The van der Waals surface area contributed by atoms with Gasteiger partial charge >= 0.3 is 5.97 Å². The number of para-hydroxylation sites is 1. The van der Waals surface area contributed by atoms with Crippen molar-refractivity contribution in [3.8, 4) is 17.2 Å². The Kier molecular flexibility index (Phi) is 11.3. The number of ether oxygens (including phenoxy) is 4. The molecule has 0 saturated heterocycles. The number of esters is 1. The molecule has 0 bridgehead atoms. The molecule has 47 heavy (non-hydrogen) atoms. The average molecular weight is 765 g/mol. The lowest BCUT2D eigenvalue weighted by molar-refractivity contribution is -0.139. The second-order valence-electron chi connectivity index (χ2n) is 10.4. The number of rotatable bonds is 12. The average Bonchev–Trinajstić information content (AvgIpc) is 3.06. The molecule has 1 aliphatic heterocycles. The van der Waals surface area contributed by atoms with Crippen LogP contribution in [0.5, 0.6) is 17.2 Å². The van der Waals surface area contributed by atoms with Gasteiger partial charge in [-0.2, -0.15) is 5.10 Å². The summed E-state index contributed by atoms with van der Waals surface area (Å²) >= 11 is 7.53. The van der Waals surface area contributed by atoms with Crippen LogP contribution in [0.15, 0.2) is 95.2 Å². The van der Waals surface area contributed by atoms with E-state index in [-0.39, 0.29) is 13.2 Å². The first-order chi connectivity index (χ1) is 22.8. The molecule has 12 heteroatoms. The van der Waals surface area contributed by atoms with Gasteiger partial charge in [0.15, 0.2) is 23.2 Å². The number of methoxy groups -OCH3 is 1. The summed E-state index contributed by atoms with van der Waals surface area (Å²) in [4.78, 5) is 25.5. The van der Waals surface area contributed by atoms with Crippen LogP contribution >= 0.6 is 34.8 Å². The van der Waals surface area contributed by atoms with E-state index in [1.807, 2.05) is 36.4 Å². The van der Waals surface area contributed by atoms with Crippen LogP contribution in [0.3, 0.4) is 0 Å². The highest BCUT2D eigenvalue weighted by molar-refractivity contribution is 14.1. The van der Waals surface area contributed by atoms with Gasteiger partial charge in [-0.1, -0.05) is 60.7 Å². The van der Waals surface area contributed by atoms with E-state index in [0.717, 1.165) is 19.9 Å². The molecule has 1 heterocycles. The summed E-state index contributed by atoms with van der Waals surface area (Å²) < 4.78 is 23.8. The first-order valence-corrected chi connectivity index (χ1v) is 16.2. The molecule has 0 aliphatic carbocycles. The topological polar surface area (TPSA) is 120 Å². The largest absolute Gasteiger partial charge is 0.493 e. The highest BCUT2D eigenvalue weighted by Crippen LogP contribution is 2.35. The second kappa shape index (κ2) is 15.7. The zero-order chi connectivity index (χ0) is 33.3. The number of amides is 1. The number of allylic oxidation sites excluding steroid dienone is 1. The number of hydrogen-bond donors (Lipinski definition) is 3. The molecular weight excluding hydrogens is 731 g/mol. The number of halogens is 1. The van der Waals surface area contributed by atoms with Crippen LogP contribution in [-0.2, 0) is 20.9 Å². The summed E-state index contributed by atoms with van der Waals surface area (Å²) in [7, 11) is 1.58. The summed E-state index contributed by atoms with van der Waals surface area (Å²) in [6, 6.07) is 24.5. The lowest BCUT2D eigenvalue weighted by atomic mass is 9.95. The molecule has 4 aromatic rings. The third kappa shape index (κ3) is 8.19. The molecule has 4 aromatic carbocycles. The lowest BCUT2D eigenvalue weighted by Crippen LogP contribution is -2.45. The van der Waals surface area contributed by atoms with Gasteiger partial charge in [0.2, 0.25) is 0 Å². The predicted molar refractivity (Wildman–Crippen MR) is 193 cm³/mol. The molecule has 3 N–H and O–H groups in total. The van der Waals surface area contributed by atoms with Crippen LogP contribution in [0, 0.1) is 3.57 Å². The van der Waals surface area contributed by atoms with E-state index in [9.17, 15) is 9.59 Å². The Morgan fingerprint density at radius 1 is 1.02 bits per heavy atom. The molecule has 0 radical (unpaired) electrons. The summed E-state index contributed by atoms with van der Waals surface area (Å²) in [5, 5.41) is 12.8. The lowest BCUT2D eigenvalue weighted by Gasteiger charge is -2.30. The van der Waals surface area contributed by atoms with E-state index < -0.39 is 17.9 Å². The molecule has 5 rings (SSSR count). The fraction of sp³-hybridized carbons (Fsp3) is 0.200. The quantitative estimate of drug-likeness (QED) is 0.0532. The standard InChI is InChI=1S/C35H33IN4O6S/c1-4-44-34(42)31-21(2)38-35(47)39-32(31)26-14-7-8-15-28(26)45-20-30(41)40-37-18-22-16-27(36)33(29(17-22)43-3)46-19-24-12-9-11-23-10-5-6-13-25(23)24/h5-18,32H,4,19-20H2,1-3H3,(H,40,41)(H2,38,39,47)/t32-/m1/s1. The molecule has 1 amide bonds. The molecule has 1 aliphatic rings. The predicted octanol–water partition coefficient (Wildman–Crippen LogP) is 5.92. The fourth-order valence-corrected chi connectivity index (χ4v) is 6.19. The fourth-order valence-electron chi connectivity index (χ4n) is 5.13. The molecule has 1 atom stereocenters. The minimum atomic E-state index is -0.628. The van der Waals surface area contributed by atoms with E-state index in [2.05, 4.69) is 62.0 Å². The Hall–Kier alpha value is -4.69. The summed E-state index contributed by atoms with van der Waals surface area (Å²) in [6.45, 7) is 3.78. The number of carbonyl (C=O) groups excluding carboxylic acids is 2. The molecule has 0 saturated carbocycles. The number of hydrazone groups is 1. The maximum atomic E-state index is 12.8. The summed E-state index contributed by atoms with van der Waals surface area (Å²) in [6.07, 6.45) is 1.52. The molecule has 0 fully saturated rings. The van der Waals surface area contributed by atoms with E-state index >= 15 is 0 Å². The van der Waals surface area contributed by atoms with Crippen molar-refractivity contribution in [2.45, 2.75) is 26.5 Å². The third-order valence-electron chi connectivity index (χ3n) is 7.26. The smallest absolute Gasteiger partial charge is 0.338 e. The third-order valence-corrected chi connectivity index (χ3v) is 8.28. The Labute approximate surface area is 291 Å². The van der Waals surface area contributed by atoms with E-state index in [1.54, 1.807) is 45.2 Å². The van der Waals surface area contributed by atoms with Crippen molar-refractivity contribution in [2.75, 3.05) is 20.3 Å². The van der Waals surface area contributed by atoms with Crippen molar-refractivity contribution < 1.29 is 28.5 Å². The van der Waals surface area contributed by atoms with Gasteiger partial charge in [-0.15, -0.1) is 0 Å². The van der Waals surface area contributed by atoms with Crippen LogP contribution in [-0.4, -0.2) is 43.5 Å². The number of nitrogens with zero attached hydrogens (tertiary/aromatic N) is 1. The highest BCUT2D eigenvalue weighted by Gasteiger charge is 2.32. The SMILES string of the molecule is CCOC(=O)C1=C(C)NC(=S)N[C@@H]1c1ccccc1OCC(=O)NN=Cc1cc(I)c(OCc2cccc3ccccc23)c(OC)c1. The zero-order valence-corrected chi connectivity index (χ0v) is 28.9. The van der Waals surface area contributed by atoms with Gasteiger partial charge in [0.25, 0.3) is 5.91 Å². The summed E-state index contributed by atoms with van der Waals surface area (Å²) in [5.41, 5.74) is 5.85. The Balaban J connectivity index is 1.22. The number of hydrogen-bond acceptors (Lipinski definition) is 8. The Bertz CT molecular complexity index is 1870. The Morgan fingerprint density at radius 2 is 1.79 bits per heavy atom. The van der Waals surface area contributed by atoms with Crippen LogP contribution in [0.1, 0.15) is 36.6 Å². The van der Waals surface area contributed by atoms with Gasteiger partial charge in [0, 0.05) is 11.3 Å². The maximum absolute atomic E-state index is 12.8. The van der Waals surface area contributed by atoms with Crippen LogP contribution in [0.25, 0.3) is 10.8 Å². The minimum Gasteiger partial charge on any atom is -0.493 e. The highest BCUT2D eigenvalue weighted by atomic mass is 127. The molecule has 0 aromatic heterocycles. The first-order valence-electron chi connectivity index (χ1n) is 14.7. The van der Waals surface area contributed by atoms with E-state index in [0.29, 0.717) is 51.4 Å². The van der Waals surface area contributed by atoms with E-state index in [4.69, 9.17) is 31.2 Å². The number of nitrogens with one attached hydrogen (secondary N) is 3. The van der Waals surface area contributed by atoms with Gasteiger partial charge in [-0.3, -0.25) is 4.79 Å². The van der Waals surface area contributed by atoms with Crippen molar-refractivity contribution >= 4 is 68.8 Å². The molecule has 0 spiro atoms. The second-order valence-corrected chi connectivity index (χ2v) is 11.9. The van der Waals surface area contributed by atoms with Gasteiger partial charge in [-0.25, -0.2) is 10.2 Å². The van der Waals surface area contributed by atoms with Crippen molar-refractivity contribution in [1.29, 1.82) is 0 Å². The van der Waals surface area contributed by atoms with Crippen LogP contribution < -0.4 is 30.3 Å². The van der Waals surface area contributed by atoms with Gasteiger partial charge in [0.1, 0.15) is 12.4 Å². The molecule has 10 nitrogen and oxygen atoms in total. The van der Waals surface area contributed by atoms with Gasteiger partial charge in [0.05, 0.1) is 35.1 Å². The van der Waals surface area contributed by atoms with Crippen molar-refractivity contribution in [3.63, 3.8) is 0 Å². The normalized spacial score (nSPS) is 14.4. The van der Waals surface area contributed by atoms with Crippen molar-refractivity contribution in [1.82, 2.24) is 16.1 Å². The number of carbonyl (C=O) groups is 2. The zero-order valence-electron chi connectivity index (χ0n) is 26.0. The first kappa shape index (κ1) is 33.7. The molecular formula is C35H33IN4O6S. The van der Waals surface area contributed by atoms with Gasteiger partial charge in [-0.05, 0) is 88.8 Å². The van der Waals surface area contributed by atoms with Gasteiger partial charge < -0.3 is 29.6 Å². The van der Waals surface area contributed by atoms with E-state index in [1.165, 1.54) is 6.21 Å². The number of thiocarbonyl (C=S) groups is 1.